The molecule has 0 radical (unpaired) electrons. The second kappa shape index (κ2) is 5.69. The van der Waals surface area contributed by atoms with Gasteiger partial charge in [-0.1, -0.05) is 0 Å². The quantitative estimate of drug-likeness (QED) is 0.810. The molecule has 1 saturated heterocycles. The summed E-state index contributed by atoms with van der Waals surface area (Å²) in [6, 6.07) is 4.19. The fourth-order valence-corrected chi connectivity index (χ4v) is 3.89. The van der Waals surface area contributed by atoms with E-state index >= 15 is 0 Å². The SMILES string of the molecule is CC1=C(C(=O)O)N2C(=O)[C@H](NC(=O)c3ccc(F)cc3)[C@H]2SC1. The number of carboxylic acid groups (broad SMARTS) is 1. The molecule has 2 heterocycles. The number of aliphatic carboxylic acids is 1. The number of halogens is 1. The molecular formula is C15H13FN2O4S. The van der Waals surface area contributed by atoms with Crippen LogP contribution in [0.15, 0.2) is 35.5 Å². The second-order valence-corrected chi connectivity index (χ2v) is 6.41. The maximum absolute atomic E-state index is 12.9. The van der Waals surface area contributed by atoms with Crippen LogP contribution in [0.4, 0.5) is 4.39 Å². The van der Waals surface area contributed by atoms with Gasteiger partial charge in [0.25, 0.3) is 11.8 Å². The summed E-state index contributed by atoms with van der Waals surface area (Å²) in [5.41, 5.74) is 0.852. The Balaban J connectivity index is 1.75. The molecule has 2 aliphatic heterocycles. The molecule has 2 atom stereocenters. The summed E-state index contributed by atoms with van der Waals surface area (Å²) in [4.78, 5) is 36.8. The summed E-state index contributed by atoms with van der Waals surface area (Å²) in [5.74, 6) is -2.06. The molecule has 1 aromatic carbocycles. The van der Waals surface area contributed by atoms with Crippen LogP contribution < -0.4 is 5.32 Å². The highest BCUT2D eigenvalue weighted by Crippen LogP contribution is 2.40. The lowest BCUT2D eigenvalue weighted by molar-refractivity contribution is -0.148. The maximum atomic E-state index is 12.9. The first-order valence-corrected chi connectivity index (χ1v) is 7.89. The van der Waals surface area contributed by atoms with Crippen molar-refractivity contribution in [2.24, 2.45) is 0 Å². The number of carbonyl (C=O) groups excluding carboxylic acids is 2. The van der Waals surface area contributed by atoms with Gasteiger partial charge in [-0.3, -0.25) is 14.5 Å². The van der Waals surface area contributed by atoms with E-state index in [1.807, 2.05) is 0 Å². The van der Waals surface area contributed by atoms with Crippen molar-refractivity contribution in [1.29, 1.82) is 0 Å². The summed E-state index contributed by atoms with van der Waals surface area (Å²) in [6.07, 6.45) is 0. The highest BCUT2D eigenvalue weighted by molar-refractivity contribution is 8.00. The topological polar surface area (TPSA) is 86.7 Å². The van der Waals surface area contributed by atoms with E-state index in [-0.39, 0.29) is 11.3 Å². The van der Waals surface area contributed by atoms with E-state index in [1.54, 1.807) is 6.92 Å². The van der Waals surface area contributed by atoms with Gasteiger partial charge < -0.3 is 10.4 Å². The zero-order valence-electron chi connectivity index (χ0n) is 12.1. The number of fused-ring (bicyclic) bond motifs is 1. The lowest BCUT2D eigenvalue weighted by Gasteiger charge is -2.49. The van der Waals surface area contributed by atoms with Crippen LogP contribution >= 0.6 is 11.8 Å². The van der Waals surface area contributed by atoms with Gasteiger partial charge in [0.2, 0.25) is 0 Å². The number of thioether (sulfide) groups is 1. The monoisotopic (exact) mass is 336 g/mol. The summed E-state index contributed by atoms with van der Waals surface area (Å²) in [6.45, 7) is 1.67. The third-order valence-electron chi connectivity index (χ3n) is 3.75. The lowest BCUT2D eigenvalue weighted by atomic mass is 10.0. The number of hydrogen-bond acceptors (Lipinski definition) is 4. The van der Waals surface area contributed by atoms with Gasteiger partial charge in [-0.25, -0.2) is 9.18 Å². The third kappa shape index (κ3) is 2.59. The molecule has 6 nitrogen and oxygen atoms in total. The molecule has 1 fully saturated rings. The van der Waals surface area contributed by atoms with Crippen LogP contribution in [-0.4, -0.2) is 45.0 Å². The van der Waals surface area contributed by atoms with E-state index in [2.05, 4.69) is 5.32 Å². The number of benzene rings is 1. The molecule has 0 spiro atoms. The Kier molecular flexibility index (Phi) is 3.85. The van der Waals surface area contributed by atoms with E-state index in [9.17, 15) is 23.9 Å². The van der Waals surface area contributed by atoms with Crippen molar-refractivity contribution in [2.45, 2.75) is 18.3 Å². The van der Waals surface area contributed by atoms with Crippen molar-refractivity contribution in [3.8, 4) is 0 Å². The number of β-lactam (4-membered cyclic amide) rings is 1. The van der Waals surface area contributed by atoms with Crippen molar-refractivity contribution in [3.05, 3.63) is 46.9 Å². The van der Waals surface area contributed by atoms with E-state index in [4.69, 9.17) is 0 Å². The molecule has 0 unspecified atom stereocenters. The molecule has 2 aliphatic rings. The zero-order valence-corrected chi connectivity index (χ0v) is 12.9. The smallest absolute Gasteiger partial charge is 0.352 e. The second-order valence-electron chi connectivity index (χ2n) is 5.30. The van der Waals surface area contributed by atoms with Crippen LogP contribution in [0.2, 0.25) is 0 Å². The van der Waals surface area contributed by atoms with Crippen LogP contribution in [0, 0.1) is 5.82 Å². The molecule has 0 aliphatic carbocycles. The standard InChI is InChI=1S/C15H13FN2O4S/c1-7-6-23-14-10(13(20)18(14)11(7)15(21)22)17-12(19)8-2-4-9(16)5-3-8/h2-5,10,14H,6H2,1H3,(H,17,19)(H,21,22)/t10-,14+/m0/s1. The molecule has 2 N–H and O–H groups in total. The Bertz CT molecular complexity index is 731. The normalized spacial score (nSPS) is 23.2. The van der Waals surface area contributed by atoms with Gasteiger partial charge in [0.1, 0.15) is 22.9 Å². The Morgan fingerprint density at radius 3 is 2.61 bits per heavy atom. The predicted molar refractivity (Wildman–Crippen MR) is 81.1 cm³/mol. The molecule has 0 saturated carbocycles. The minimum absolute atomic E-state index is 0.00830. The molecule has 3 rings (SSSR count). The van der Waals surface area contributed by atoms with Crippen LogP contribution in [-0.2, 0) is 9.59 Å². The van der Waals surface area contributed by atoms with Gasteiger partial charge in [-0.15, -0.1) is 11.8 Å². The zero-order chi connectivity index (χ0) is 16.7. The van der Waals surface area contributed by atoms with Crippen LogP contribution in [0.3, 0.4) is 0 Å². The summed E-state index contributed by atoms with van der Waals surface area (Å²) < 4.78 is 12.9. The van der Waals surface area contributed by atoms with Crippen molar-refractivity contribution in [3.63, 3.8) is 0 Å². The van der Waals surface area contributed by atoms with E-state index in [0.717, 1.165) is 12.1 Å². The fraction of sp³-hybridized carbons (Fsp3) is 0.267. The van der Waals surface area contributed by atoms with Crippen LogP contribution in [0.25, 0.3) is 0 Å². The average molecular weight is 336 g/mol. The molecule has 2 amide bonds. The minimum Gasteiger partial charge on any atom is -0.477 e. The summed E-state index contributed by atoms with van der Waals surface area (Å²) >= 11 is 1.40. The number of rotatable bonds is 3. The molecule has 0 bridgehead atoms. The van der Waals surface area contributed by atoms with Gasteiger partial charge in [0.15, 0.2) is 0 Å². The molecule has 0 aromatic heterocycles. The maximum Gasteiger partial charge on any atom is 0.352 e. The first-order chi connectivity index (χ1) is 10.9. The minimum atomic E-state index is -1.15. The Morgan fingerprint density at radius 1 is 1.35 bits per heavy atom. The average Bonchev–Trinajstić information content (AvgIpc) is 2.52. The van der Waals surface area contributed by atoms with Gasteiger partial charge in [0, 0.05) is 11.3 Å². The van der Waals surface area contributed by atoms with E-state index in [1.165, 1.54) is 28.8 Å². The summed E-state index contributed by atoms with van der Waals surface area (Å²) in [7, 11) is 0. The molecule has 8 heteroatoms. The number of hydrogen-bond donors (Lipinski definition) is 2. The van der Waals surface area contributed by atoms with Gasteiger partial charge in [0.05, 0.1) is 0 Å². The van der Waals surface area contributed by atoms with Gasteiger partial charge >= 0.3 is 5.97 Å². The number of carboxylic acids is 1. The van der Waals surface area contributed by atoms with Crippen LogP contribution in [0.1, 0.15) is 17.3 Å². The lowest BCUT2D eigenvalue weighted by Crippen LogP contribution is -2.70. The summed E-state index contributed by atoms with van der Waals surface area (Å²) in [5, 5.41) is 11.4. The number of carbonyl (C=O) groups is 3. The molecule has 1 aromatic rings. The van der Waals surface area contributed by atoms with E-state index < -0.39 is 35.0 Å². The largest absolute Gasteiger partial charge is 0.477 e. The fourth-order valence-electron chi connectivity index (χ4n) is 2.60. The number of amides is 2. The van der Waals surface area contributed by atoms with Crippen LogP contribution in [0.5, 0.6) is 0 Å². The molecular weight excluding hydrogens is 323 g/mol. The number of nitrogens with zero attached hydrogens (tertiary/aromatic N) is 1. The highest BCUT2D eigenvalue weighted by Gasteiger charge is 2.53. The number of nitrogens with one attached hydrogen (secondary N) is 1. The van der Waals surface area contributed by atoms with Crippen molar-refractivity contribution in [2.75, 3.05) is 5.75 Å². The first kappa shape index (κ1) is 15.5. The third-order valence-corrected chi connectivity index (χ3v) is 5.18. The molecule has 23 heavy (non-hydrogen) atoms. The Hall–Kier alpha value is -2.35. The van der Waals surface area contributed by atoms with Gasteiger partial charge in [-0.05, 0) is 36.8 Å². The Morgan fingerprint density at radius 2 is 2.00 bits per heavy atom. The predicted octanol–water partition coefficient (Wildman–Crippen LogP) is 1.20. The van der Waals surface area contributed by atoms with Crippen molar-refractivity contribution in [1.82, 2.24) is 10.2 Å². The highest BCUT2D eigenvalue weighted by atomic mass is 32.2. The van der Waals surface area contributed by atoms with Crippen molar-refractivity contribution < 1.29 is 23.9 Å². The van der Waals surface area contributed by atoms with E-state index in [0.29, 0.717) is 11.3 Å². The molecule has 120 valence electrons. The first-order valence-electron chi connectivity index (χ1n) is 6.84. The van der Waals surface area contributed by atoms with Gasteiger partial charge in [-0.2, -0.15) is 0 Å². The Labute approximate surface area is 135 Å². The van der Waals surface area contributed by atoms with Crippen molar-refractivity contribution >= 4 is 29.5 Å².